The Hall–Kier alpha value is -1.07. The Kier molecular flexibility index (Phi) is 5.82. The highest BCUT2D eigenvalue weighted by Crippen LogP contribution is 2.16. The van der Waals surface area contributed by atoms with Crippen LogP contribution in [0.1, 0.15) is 29.7 Å². The normalized spacial score (nSPS) is 13.6. The molecule has 0 amide bonds. The van der Waals surface area contributed by atoms with E-state index >= 15 is 0 Å². The van der Waals surface area contributed by atoms with Crippen LogP contribution in [0.25, 0.3) is 0 Å². The van der Waals surface area contributed by atoms with Gasteiger partial charge in [-0.2, -0.15) is 13.2 Å². The fraction of sp³-hybridized carbons (Fsp3) is 0.571. The molecule has 0 aliphatic carbocycles. The molecule has 108 valence electrons. The van der Waals surface area contributed by atoms with Gasteiger partial charge in [-0.1, -0.05) is 29.3 Å². The van der Waals surface area contributed by atoms with E-state index in [0.717, 1.165) is 5.56 Å². The largest absolute Gasteiger partial charge is 0.411 e. The molecule has 0 aliphatic rings. The molecule has 0 saturated heterocycles. The second-order valence-corrected chi connectivity index (χ2v) is 4.76. The number of aryl methyl sites for hydroxylation is 2. The van der Waals surface area contributed by atoms with Gasteiger partial charge < -0.3 is 10.1 Å². The number of halogens is 3. The van der Waals surface area contributed by atoms with E-state index in [2.05, 4.69) is 28.3 Å². The van der Waals surface area contributed by atoms with E-state index < -0.39 is 12.8 Å². The van der Waals surface area contributed by atoms with Crippen LogP contribution in [0.4, 0.5) is 13.2 Å². The summed E-state index contributed by atoms with van der Waals surface area (Å²) < 4.78 is 40.1. The SMILES string of the molecule is Cc1cc(C)cc(C(C)NCCOCC(F)(F)F)c1. The van der Waals surface area contributed by atoms with Crippen molar-refractivity contribution in [2.75, 3.05) is 19.8 Å². The fourth-order valence-electron chi connectivity index (χ4n) is 1.91. The number of hydrogen-bond donors (Lipinski definition) is 1. The molecule has 1 atom stereocenters. The summed E-state index contributed by atoms with van der Waals surface area (Å²) in [5, 5.41) is 3.15. The van der Waals surface area contributed by atoms with Crippen molar-refractivity contribution < 1.29 is 17.9 Å². The van der Waals surface area contributed by atoms with E-state index in [0.29, 0.717) is 6.54 Å². The zero-order valence-electron chi connectivity index (χ0n) is 11.5. The van der Waals surface area contributed by atoms with Crippen LogP contribution in [0.2, 0.25) is 0 Å². The maximum absolute atomic E-state index is 11.8. The van der Waals surface area contributed by atoms with Crippen LogP contribution in [0.3, 0.4) is 0 Å². The van der Waals surface area contributed by atoms with E-state index in [1.807, 2.05) is 20.8 Å². The smallest absolute Gasteiger partial charge is 0.371 e. The minimum Gasteiger partial charge on any atom is -0.371 e. The number of ether oxygens (including phenoxy) is 1. The van der Waals surface area contributed by atoms with Crippen molar-refractivity contribution in [3.05, 3.63) is 34.9 Å². The summed E-state index contributed by atoms with van der Waals surface area (Å²) in [6.45, 7) is 5.29. The summed E-state index contributed by atoms with van der Waals surface area (Å²) in [5.41, 5.74) is 3.49. The van der Waals surface area contributed by atoms with E-state index in [-0.39, 0.29) is 12.6 Å². The third kappa shape index (κ3) is 6.59. The van der Waals surface area contributed by atoms with Crippen LogP contribution >= 0.6 is 0 Å². The van der Waals surface area contributed by atoms with Gasteiger partial charge >= 0.3 is 6.18 Å². The number of rotatable bonds is 6. The molecule has 1 rings (SSSR count). The Balaban J connectivity index is 2.33. The lowest BCUT2D eigenvalue weighted by molar-refractivity contribution is -0.173. The number of hydrogen-bond acceptors (Lipinski definition) is 2. The van der Waals surface area contributed by atoms with Gasteiger partial charge in [0.25, 0.3) is 0 Å². The molecule has 2 nitrogen and oxygen atoms in total. The Morgan fingerprint density at radius 2 is 1.74 bits per heavy atom. The van der Waals surface area contributed by atoms with Crippen LogP contribution in [0, 0.1) is 13.8 Å². The molecule has 0 saturated carbocycles. The maximum Gasteiger partial charge on any atom is 0.411 e. The lowest BCUT2D eigenvalue weighted by atomic mass is 10.0. The van der Waals surface area contributed by atoms with E-state index in [9.17, 15) is 13.2 Å². The molecular formula is C14H20F3NO. The molecule has 0 heterocycles. The first-order chi connectivity index (χ1) is 8.78. The standard InChI is InChI=1S/C14H20F3NO/c1-10-6-11(2)8-13(7-10)12(3)18-4-5-19-9-14(15,16)17/h6-8,12,18H,4-5,9H2,1-3H3. The first kappa shape index (κ1) is 16.0. The molecular weight excluding hydrogens is 255 g/mol. The van der Waals surface area contributed by atoms with Gasteiger partial charge in [-0.25, -0.2) is 0 Å². The molecule has 19 heavy (non-hydrogen) atoms. The van der Waals surface area contributed by atoms with E-state index in [1.54, 1.807) is 0 Å². The molecule has 0 spiro atoms. The van der Waals surface area contributed by atoms with Crippen molar-refractivity contribution in [2.45, 2.75) is 33.0 Å². The highest BCUT2D eigenvalue weighted by Gasteiger charge is 2.27. The molecule has 0 radical (unpaired) electrons. The zero-order valence-corrected chi connectivity index (χ0v) is 11.5. The molecule has 1 N–H and O–H groups in total. The van der Waals surface area contributed by atoms with Gasteiger partial charge in [0.15, 0.2) is 0 Å². The Morgan fingerprint density at radius 3 is 2.26 bits per heavy atom. The second-order valence-electron chi connectivity index (χ2n) is 4.76. The Labute approximate surface area is 112 Å². The van der Waals surface area contributed by atoms with Crippen molar-refractivity contribution in [1.29, 1.82) is 0 Å². The van der Waals surface area contributed by atoms with Gasteiger partial charge in [0.2, 0.25) is 0 Å². The number of alkyl halides is 3. The third-order valence-electron chi connectivity index (χ3n) is 2.71. The summed E-state index contributed by atoms with van der Waals surface area (Å²) in [4.78, 5) is 0. The van der Waals surface area contributed by atoms with Gasteiger partial charge in [0.1, 0.15) is 6.61 Å². The minimum absolute atomic E-state index is 0.0502. The fourth-order valence-corrected chi connectivity index (χ4v) is 1.91. The van der Waals surface area contributed by atoms with Crippen molar-refractivity contribution in [1.82, 2.24) is 5.32 Å². The van der Waals surface area contributed by atoms with Gasteiger partial charge in [0.05, 0.1) is 6.61 Å². The molecule has 0 aromatic heterocycles. The minimum atomic E-state index is -4.25. The quantitative estimate of drug-likeness (QED) is 0.802. The van der Waals surface area contributed by atoms with Gasteiger partial charge in [-0.05, 0) is 26.3 Å². The third-order valence-corrected chi connectivity index (χ3v) is 2.71. The maximum atomic E-state index is 11.8. The lowest BCUT2D eigenvalue weighted by Crippen LogP contribution is -2.26. The highest BCUT2D eigenvalue weighted by molar-refractivity contribution is 5.30. The molecule has 0 aliphatic heterocycles. The predicted octanol–water partition coefficient (Wildman–Crippen LogP) is 3.53. The Bertz CT molecular complexity index is 384. The van der Waals surface area contributed by atoms with Crippen molar-refractivity contribution >= 4 is 0 Å². The summed E-state index contributed by atoms with van der Waals surface area (Å²) in [7, 11) is 0. The topological polar surface area (TPSA) is 21.3 Å². The summed E-state index contributed by atoms with van der Waals surface area (Å²) in [6.07, 6.45) is -4.25. The average Bonchev–Trinajstić information content (AvgIpc) is 2.25. The van der Waals surface area contributed by atoms with E-state index in [1.165, 1.54) is 11.1 Å². The van der Waals surface area contributed by atoms with Crippen LogP contribution in [0.15, 0.2) is 18.2 Å². The van der Waals surface area contributed by atoms with Gasteiger partial charge in [-0.15, -0.1) is 0 Å². The van der Waals surface area contributed by atoms with Gasteiger partial charge in [-0.3, -0.25) is 0 Å². The molecule has 5 heteroatoms. The predicted molar refractivity (Wildman–Crippen MR) is 69.2 cm³/mol. The highest BCUT2D eigenvalue weighted by atomic mass is 19.4. The van der Waals surface area contributed by atoms with Crippen molar-refractivity contribution in [3.8, 4) is 0 Å². The summed E-state index contributed by atoms with van der Waals surface area (Å²) in [5.74, 6) is 0. The van der Waals surface area contributed by atoms with E-state index in [4.69, 9.17) is 0 Å². The van der Waals surface area contributed by atoms with Gasteiger partial charge in [0, 0.05) is 12.6 Å². The molecule has 0 bridgehead atoms. The first-order valence-corrected chi connectivity index (χ1v) is 6.24. The molecule has 1 unspecified atom stereocenters. The van der Waals surface area contributed by atoms with Crippen molar-refractivity contribution in [2.24, 2.45) is 0 Å². The number of nitrogens with one attached hydrogen (secondary N) is 1. The van der Waals surface area contributed by atoms with Crippen LogP contribution in [-0.4, -0.2) is 25.9 Å². The van der Waals surface area contributed by atoms with Crippen LogP contribution < -0.4 is 5.32 Å². The molecule has 1 aromatic rings. The summed E-state index contributed by atoms with van der Waals surface area (Å²) in [6, 6.07) is 6.32. The average molecular weight is 275 g/mol. The first-order valence-electron chi connectivity index (χ1n) is 6.24. The monoisotopic (exact) mass is 275 g/mol. The lowest BCUT2D eigenvalue weighted by Gasteiger charge is -2.16. The Morgan fingerprint density at radius 1 is 1.16 bits per heavy atom. The summed E-state index contributed by atoms with van der Waals surface area (Å²) >= 11 is 0. The van der Waals surface area contributed by atoms with Crippen LogP contribution in [0.5, 0.6) is 0 Å². The molecule has 0 fully saturated rings. The second kappa shape index (κ2) is 6.91. The van der Waals surface area contributed by atoms with Crippen LogP contribution in [-0.2, 0) is 4.74 Å². The number of benzene rings is 1. The zero-order chi connectivity index (χ0) is 14.5. The molecule has 1 aromatic carbocycles. The van der Waals surface area contributed by atoms with Crippen molar-refractivity contribution in [3.63, 3.8) is 0 Å².